The highest BCUT2D eigenvalue weighted by Gasteiger charge is 2.30. The Morgan fingerprint density at radius 3 is 2.08 bits per heavy atom. The van der Waals surface area contributed by atoms with Crippen LogP contribution in [0.15, 0.2) is 72.8 Å². The summed E-state index contributed by atoms with van der Waals surface area (Å²) in [5.74, 6) is -1.97. The lowest BCUT2D eigenvalue weighted by Crippen LogP contribution is -2.44. The van der Waals surface area contributed by atoms with E-state index in [2.05, 4.69) is 10.6 Å². The van der Waals surface area contributed by atoms with Gasteiger partial charge in [-0.1, -0.05) is 48.5 Å². The van der Waals surface area contributed by atoms with Gasteiger partial charge in [-0.25, -0.2) is 4.79 Å². The van der Waals surface area contributed by atoms with E-state index in [1.165, 1.54) is 24.3 Å². The largest absolute Gasteiger partial charge is 0.481 e. The van der Waals surface area contributed by atoms with Gasteiger partial charge in [-0.05, 0) is 40.8 Å². The summed E-state index contributed by atoms with van der Waals surface area (Å²) >= 11 is 0. The molecule has 4 rings (SSSR count). The minimum Gasteiger partial charge on any atom is -0.481 e. The van der Waals surface area contributed by atoms with Gasteiger partial charge in [0.25, 0.3) is 5.69 Å². The van der Waals surface area contributed by atoms with Crippen LogP contribution in [0.3, 0.4) is 0 Å². The van der Waals surface area contributed by atoms with Crippen molar-refractivity contribution in [1.29, 1.82) is 0 Å². The summed E-state index contributed by atoms with van der Waals surface area (Å²) in [6.45, 7) is 0.0372. The molecule has 0 saturated carbocycles. The maximum absolute atomic E-state index is 12.8. The first-order valence-corrected chi connectivity index (χ1v) is 11.2. The molecule has 0 saturated heterocycles. The first kappa shape index (κ1) is 24.4. The van der Waals surface area contributed by atoms with Crippen LogP contribution in [-0.2, 0) is 14.3 Å². The van der Waals surface area contributed by atoms with Crippen molar-refractivity contribution in [2.24, 2.45) is 0 Å². The van der Waals surface area contributed by atoms with E-state index in [-0.39, 0.29) is 36.7 Å². The van der Waals surface area contributed by atoms with Gasteiger partial charge in [0.15, 0.2) is 0 Å². The van der Waals surface area contributed by atoms with Crippen LogP contribution in [-0.4, -0.2) is 40.6 Å². The second kappa shape index (κ2) is 10.7. The molecule has 3 aromatic carbocycles. The summed E-state index contributed by atoms with van der Waals surface area (Å²) in [5.41, 5.74) is 4.33. The third-order valence-electron chi connectivity index (χ3n) is 5.94. The molecule has 1 aliphatic rings. The zero-order valence-corrected chi connectivity index (χ0v) is 19.0. The number of rotatable bonds is 9. The van der Waals surface area contributed by atoms with Gasteiger partial charge in [-0.2, -0.15) is 0 Å². The zero-order valence-electron chi connectivity index (χ0n) is 19.0. The number of carboxylic acids is 1. The van der Waals surface area contributed by atoms with Crippen LogP contribution in [0.1, 0.15) is 29.9 Å². The number of benzene rings is 3. The van der Waals surface area contributed by atoms with Gasteiger partial charge < -0.3 is 20.5 Å². The number of nitro groups is 1. The smallest absolute Gasteiger partial charge is 0.407 e. The molecule has 0 spiro atoms. The fourth-order valence-electron chi connectivity index (χ4n) is 4.21. The van der Waals surface area contributed by atoms with Gasteiger partial charge in [0.2, 0.25) is 5.91 Å². The third-order valence-corrected chi connectivity index (χ3v) is 5.94. The standard InChI is InChI=1S/C26H23N3O7/c30-24(31)14-13-23(25(32)27-16-9-11-17(12-10-16)29(34)35)28-26(33)36-15-22-20-7-3-1-5-18(20)19-6-2-4-8-21(19)22/h1-12,22-23H,13-15H2,(H,27,32)(H,28,33)(H,30,31)/t23-/m1/s1. The summed E-state index contributed by atoms with van der Waals surface area (Å²) in [4.78, 5) is 46.7. The Balaban J connectivity index is 1.41. The van der Waals surface area contributed by atoms with Crippen LogP contribution in [0, 0.1) is 10.1 Å². The minimum absolute atomic E-state index is 0.0372. The van der Waals surface area contributed by atoms with Crippen LogP contribution >= 0.6 is 0 Å². The Hall–Kier alpha value is -4.73. The normalized spacial score (nSPS) is 12.7. The molecule has 3 N–H and O–H groups in total. The molecule has 0 aliphatic heterocycles. The minimum atomic E-state index is -1.19. The molecule has 2 amide bonds. The number of amides is 2. The van der Waals surface area contributed by atoms with E-state index in [4.69, 9.17) is 9.84 Å². The predicted molar refractivity (Wildman–Crippen MR) is 131 cm³/mol. The Morgan fingerprint density at radius 2 is 1.53 bits per heavy atom. The second-order valence-corrected chi connectivity index (χ2v) is 8.25. The highest BCUT2D eigenvalue weighted by molar-refractivity contribution is 5.96. The molecular formula is C26H23N3O7. The lowest BCUT2D eigenvalue weighted by atomic mass is 9.98. The Kier molecular flexibility index (Phi) is 7.24. The van der Waals surface area contributed by atoms with Crippen molar-refractivity contribution in [3.63, 3.8) is 0 Å². The number of nitrogens with one attached hydrogen (secondary N) is 2. The number of carbonyl (C=O) groups excluding carboxylic acids is 2. The molecule has 0 heterocycles. The number of non-ortho nitro benzene ring substituents is 1. The topological polar surface area (TPSA) is 148 Å². The van der Waals surface area contributed by atoms with E-state index in [1.54, 1.807) is 0 Å². The van der Waals surface area contributed by atoms with Crippen molar-refractivity contribution in [1.82, 2.24) is 5.32 Å². The molecule has 36 heavy (non-hydrogen) atoms. The molecule has 1 atom stereocenters. The van der Waals surface area contributed by atoms with Gasteiger partial charge in [0.1, 0.15) is 12.6 Å². The van der Waals surface area contributed by atoms with E-state index >= 15 is 0 Å². The van der Waals surface area contributed by atoms with Gasteiger partial charge in [0.05, 0.1) is 4.92 Å². The number of nitrogens with zero attached hydrogens (tertiary/aromatic N) is 1. The van der Waals surface area contributed by atoms with Gasteiger partial charge in [-0.3, -0.25) is 19.7 Å². The molecule has 3 aromatic rings. The van der Waals surface area contributed by atoms with Crippen LogP contribution in [0.25, 0.3) is 11.1 Å². The van der Waals surface area contributed by atoms with Crippen LogP contribution in [0.5, 0.6) is 0 Å². The predicted octanol–water partition coefficient (Wildman–Crippen LogP) is 4.31. The Bertz CT molecular complexity index is 1260. The van der Waals surface area contributed by atoms with E-state index in [9.17, 15) is 24.5 Å². The van der Waals surface area contributed by atoms with E-state index in [0.717, 1.165) is 22.3 Å². The van der Waals surface area contributed by atoms with Crippen molar-refractivity contribution >= 4 is 29.3 Å². The first-order valence-electron chi connectivity index (χ1n) is 11.2. The maximum Gasteiger partial charge on any atom is 0.407 e. The van der Waals surface area contributed by atoms with Crippen molar-refractivity contribution in [3.8, 4) is 11.1 Å². The average Bonchev–Trinajstić information content (AvgIpc) is 3.19. The highest BCUT2D eigenvalue weighted by atomic mass is 16.6. The fraction of sp³-hybridized carbons (Fsp3) is 0.192. The van der Waals surface area contributed by atoms with Crippen LogP contribution in [0.4, 0.5) is 16.2 Å². The molecule has 0 aromatic heterocycles. The van der Waals surface area contributed by atoms with Crippen molar-refractivity contribution in [2.45, 2.75) is 24.8 Å². The number of hydrogen-bond donors (Lipinski definition) is 3. The number of carboxylic acid groups (broad SMARTS) is 1. The third kappa shape index (κ3) is 5.49. The van der Waals surface area contributed by atoms with Gasteiger partial charge >= 0.3 is 12.1 Å². The Morgan fingerprint density at radius 1 is 0.944 bits per heavy atom. The molecule has 0 bridgehead atoms. The number of anilines is 1. The van der Waals surface area contributed by atoms with Crippen molar-refractivity contribution < 1.29 is 29.2 Å². The maximum atomic E-state index is 12.8. The lowest BCUT2D eigenvalue weighted by molar-refractivity contribution is -0.384. The monoisotopic (exact) mass is 489 g/mol. The molecule has 0 fully saturated rings. The average molecular weight is 489 g/mol. The molecule has 0 radical (unpaired) electrons. The van der Waals surface area contributed by atoms with Crippen molar-refractivity contribution in [2.75, 3.05) is 11.9 Å². The fourth-order valence-corrected chi connectivity index (χ4v) is 4.21. The molecule has 184 valence electrons. The summed E-state index contributed by atoms with van der Waals surface area (Å²) in [6.07, 6.45) is -1.38. The second-order valence-electron chi connectivity index (χ2n) is 8.25. The number of fused-ring (bicyclic) bond motifs is 3. The number of alkyl carbamates (subject to hydrolysis) is 1. The van der Waals surface area contributed by atoms with E-state index in [1.807, 2.05) is 48.5 Å². The zero-order chi connectivity index (χ0) is 25.7. The first-order chi connectivity index (χ1) is 17.3. The molecular weight excluding hydrogens is 466 g/mol. The SMILES string of the molecule is O=C(O)CC[C@@H](NC(=O)OCC1c2ccccc2-c2ccccc21)C(=O)Nc1ccc([N+](=O)[O-])cc1. The Labute approximate surface area is 206 Å². The molecule has 1 aliphatic carbocycles. The summed E-state index contributed by atoms with van der Waals surface area (Å²) in [7, 11) is 0. The van der Waals surface area contributed by atoms with Gasteiger partial charge in [0, 0.05) is 30.2 Å². The number of ether oxygens (including phenoxy) is 1. The molecule has 10 nitrogen and oxygen atoms in total. The highest BCUT2D eigenvalue weighted by Crippen LogP contribution is 2.44. The lowest BCUT2D eigenvalue weighted by Gasteiger charge is -2.19. The van der Waals surface area contributed by atoms with Crippen LogP contribution in [0.2, 0.25) is 0 Å². The molecule has 10 heteroatoms. The number of aliphatic carboxylic acids is 1. The summed E-state index contributed by atoms with van der Waals surface area (Å²) in [6, 6.07) is 19.7. The van der Waals surface area contributed by atoms with E-state index < -0.39 is 28.9 Å². The number of hydrogen-bond acceptors (Lipinski definition) is 6. The quantitative estimate of drug-likeness (QED) is 0.300. The van der Waals surface area contributed by atoms with E-state index in [0.29, 0.717) is 0 Å². The number of nitro benzene ring substituents is 1. The molecule has 0 unspecified atom stereocenters. The summed E-state index contributed by atoms with van der Waals surface area (Å²) < 4.78 is 5.47. The van der Waals surface area contributed by atoms with Gasteiger partial charge in [-0.15, -0.1) is 0 Å². The van der Waals surface area contributed by atoms with Crippen molar-refractivity contribution in [3.05, 3.63) is 94.0 Å². The van der Waals surface area contributed by atoms with Crippen LogP contribution < -0.4 is 10.6 Å². The number of carbonyl (C=O) groups is 3. The summed E-state index contributed by atoms with van der Waals surface area (Å²) in [5, 5.41) is 24.8.